The van der Waals surface area contributed by atoms with Crippen LogP contribution in [0.4, 0.5) is 13.2 Å². The summed E-state index contributed by atoms with van der Waals surface area (Å²) in [6.07, 6.45) is -4.69. The van der Waals surface area contributed by atoms with E-state index in [1.54, 1.807) is 30.3 Å². The Balaban J connectivity index is 1.99. The highest BCUT2D eigenvalue weighted by atomic mass is 19.4. The fourth-order valence-corrected chi connectivity index (χ4v) is 1.46. The van der Waals surface area contributed by atoms with E-state index in [1.165, 1.54) is 18.2 Å². The zero-order chi connectivity index (χ0) is 13.7. The highest BCUT2D eigenvalue weighted by Gasteiger charge is 2.31. The van der Waals surface area contributed by atoms with E-state index in [0.717, 1.165) is 0 Å². The van der Waals surface area contributed by atoms with Gasteiger partial charge in [-0.25, -0.2) is 0 Å². The van der Waals surface area contributed by atoms with Gasteiger partial charge in [0.25, 0.3) is 0 Å². The van der Waals surface area contributed by atoms with Crippen LogP contribution in [0, 0.1) is 6.07 Å². The quantitative estimate of drug-likeness (QED) is 0.834. The van der Waals surface area contributed by atoms with Crippen molar-refractivity contribution >= 4 is 0 Å². The number of ether oxygens (including phenoxy) is 2. The molecule has 0 fully saturated rings. The van der Waals surface area contributed by atoms with Crippen molar-refractivity contribution in [3.05, 3.63) is 60.2 Å². The molecule has 2 aromatic carbocycles. The number of hydrogen-bond donors (Lipinski definition) is 0. The largest absolute Gasteiger partial charge is 0.573 e. The van der Waals surface area contributed by atoms with Crippen molar-refractivity contribution in [1.29, 1.82) is 0 Å². The van der Waals surface area contributed by atoms with Gasteiger partial charge < -0.3 is 9.47 Å². The van der Waals surface area contributed by atoms with Crippen LogP contribution in [0.2, 0.25) is 0 Å². The first-order valence-corrected chi connectivity index (χ1v) is 5.47. The standard InChI is InChI=1S/C14H10F3O2/c15-14(16,17)19-13-8-4-5-11(9-13)10-18-12-6-2-1-3-7-12/h1-6,8-9H,10H2. The molecule has 0 saturated heterocycles. The number of halogens is 3. The van der Waals surface area contributed by atoms with Crippen LogP contribution >= 0.6 is 0 Å². The second kappa shape index (κ2) is 5.65. The highest BCUT2D eigenvalue weighted by Crippen LogP contribution is 2.23. The van der Waals surface area contributed by atoms with Crippen LogP contribution in [-0.2, 0) is 6.61 Å². The predicted molar refractivity (Wildman–Crippen MR) is 62.7 cm³/mol. The van der Waals surface area contributed by atoms with Gasteiger partial charge in [-0.1, -0.05) is 30.3 Å². The maximum Gasteiger partial charge on any atom is 0.573 e. The van der Waals surface area contributed by atoms with Gasteiger partial charge in [-0.05, 0) is 23.8 Å². The predicted octanol–water partition coefficient (Wildman–Crippen LogP) is 3.96. The molecule has 0 heterocycles. The Morgan fingerprint density at radius 2 is 1.89 bits per heavy atom. The minimum Gasteiger partial charge on any atom is -0.488 e. The van der Waals surface area contributed by atoms with Crippen molar-refractivity contribution in [2.75, 3.05) is 0 Å². The molecular weight excluding hydrogens is 257 g/mol. The third-order valence-electron chi connectivity index (χ3n) is 2.21. The first kappa shape index (κ1) is 13.3. The van der Waals surface area contributed by atoms with Crippen LogP contribution in [0.1, 0.15) is 5.56 Å². The van der Waals surface area contributed by atoms with Gasteiger partial charge in [0.15, 0.2) is 0 Å². The van der Waals surface area contributed by atoms with Gasteiger partial charge in [0.2, 0.25) is 0 Å². The Morgan fingerprint density at radius 1 is 1.05 bits per heavy atom. The number of alkyl halides is 3. The fourth-order valence-electron chi connectivity index (χ4n) is 1.46. The van der Waals surface area contributed by atoms with E-state index in [-0.39, 0.29) is 12.4 Å². The van der Waals surface area contributed by atoms with Gasteiger partial charge in [-0.3, -0.25) is 0 Å². The van der Waals surface area contributed by atoms with Crippen molar-refractivity contribution in [1.82, 2.24) is 0 Å². The molecule has 2 aromatic rings. The van der Waals surface area contributed by atoms with Gasteiger partial charge in [-0.15, -0.1) is 13.2 Å². The lowest BCUT2D eigenvalue weighted by Crippen LogP contribution is -2.17. The summed E-state index contributed by atoms with van der Waals surface area (Å²) in [6.45, 7) is 0.148. The molecule has 0 aliphatic rings. The summed E-state index contributed by atoms with van der Waals surface area (Å²) >= 11 is 0. The first-order valence-electron chi connectivity index (χ1n) is 5.47. The van der Waals surface area contributed by atoms with Gasteiger partial charge in [0.05, 0.1) is 0 Å². The summed E-state index contributed by atoms with van der Waals surface area (Å²) in [5.41, 5.74) is 0.582. The molecule has 0 bridgehead atoms. The molecule has 0 spiro atoms. The summed E-state index contributed by atoms with van der Waals surface area (Å²) in [5.74, 6) is 0.273. The third-order valence-corrected chi connectivity index (χ3v) is 2.21. The lowest BCUT2D eigenvalue weighted by molar-refractivity contribution is -0.274. The van der Waals surface area contributed by atoms with Crippen LogP contribution in [0.25, 0.3) is 0 Å². The van der Waals surface area contributed by atoms with E-state index >= 15 is 0 Å². The maximum atomic E-state index is 12.1. The molecule has 0 saturated carbocycles. The minimum absolute atomic E-state index is 0.148. The Hall–Kier alpha value is -2.17. The number of hydrogen-bond acceptors (Lipinski definition) is 2. The van der Waals surface area contributed by atoms with Crippen LogP contribution < -0.4 is 9.47 Å². The Bertz CT molecular complexity index is 524. The van der Waals surface area contributed by atoms with Crippen molar-refractivity contribution in [3.63, 3.8) is 0 Å². The second-order valence-electron chi connectivity index (χ2n) is 3.71. The van der Waals surface area contributed by atoms with E-state index in [0.29, 0.717) is 11.3 Å². The number of para-hydroxylation sites is 1. The van der Waals surface area contributed by atoms with Crippen molar-refractivity contribution < 1.29 is 22.6 Å². The Labute approximate surface area is 108 Å². The lowest BCUT2D eigenvalue weighted by Gasteiger charge is -2.10. The third kappa shape index (κ3) is 4.54. The summed E-state index contributed by atoms with van der Waals surface area (Å²) in [5, 5.41) is 0. The molecular formula is C14H10F3O2. The average molecular weight is 267 g/mol. The van der Waals surface area contributed by atoms with Crippen LogP contribution in [0.3, 0.4) is 0 Å². The van der Waals surface area contributed by atoms with E-state index in [4.69, 9.17) is 4.74 Å². The van der Waals surface area contributed by atoms with Crippen molar-refractivity contribution in [2.45, 2.75) is 13.0 Å². The topological polar surface area (TPSA) is 18.5 Å². The molecule has 2 nitrogen and oxygen atoms in total. The van der Waals surface area contributed by atoms with E-state index in [9.17, 15) is 13.2 Å². The molecule has 19 heavy (non-hydrogen) atoms. The molecule has 0 aliphatic carbocycles. The fraction of sp³-hybridized carbons (Fsp3) is 0.143. The summed E-state index contributed by atoms with van der Waals surface area (Å²) in [4.78, 5) is 0. The van der Waals surface area contributed by atoms with E-state index < -0.39 is 6.36 Å². The van der Waals surface area contributed by atoms with E-state index in [1.807, 2.05) is 0 Å². The van der Waals surface area contributed by atoms with Crippen LogP contribution in [0.5, 0.6) is 11.5 Å². The molecule has 0 atom stereocenters. The molecule has 2 rings (SSSR count). The van der Waals surface area contributed by atoms with E-state index in [2.05, 4.69) is 10.8 Å². The second-order valence-corrected chi connectivity index (χ2v) is 3.71. The molecule has 0 unspecified atom stereocenters. The summed E-state index contributed by atoms with van der Waals surface area (Å²) in [7, 11) is 0. The average Bonchev–Trinajstić information content (AvgIpc) is 2.36. The molecule has 99 valence electrons. The van der Waals surface area contributed by atoms with Crippen LogP contribution in [-0.4, -0.2) is 6.36 Å². The molecule has 0 amide bonds. The first-order chi connectivity index (χ1) is 9.03. The zero-order valence-electron chi connectivity index (χ0n) is 9.78. The zero-order valence-corrected chi connectivity index (χ0v) is 9.78. The lowest BCUT2D eigenvalue weighted by atomic mass is 10.2. The monoisotopic (exact) mass is 267 g/mol. The van der Waals surface area contributed by atoms with Gasteiger partial charge in [0.1, 0.15) is 18.1 Å². The van der Waals surface area contributed by atoms with Gasteiger partial charge in [0, 0.05) is 6.07 Å². The Kier molecular flexibility index (Phi) is 3.94. The SMILES string of the molecule is FC(F)(F)Oc1cccc(COc2[c]cccc2)c1. The van der Waals surface area contributed by atoms with Gasteiger partial charge in [-0.2, -0.15) is 0 Å². The number of benzene rings is 2. The normalized spacial score (nSPS) is 11.1. The molecule has 5 heteroatoms. The summed E-state index contributed by atoms with van der Waals surface area (Å²) < 4.78 is 45.4. The molecule has 0 N–H and O–H groups in total. The van der Waals surface area contributed by atoms with Gasteiger partial charge >= 0.3 is 6.36 Å². The molecule has 1 radical (unpaired) electrons. The minimum atomic E-state index is -4.69. The van der Waals surface area contributed by atoms with Crippen LogP contribution in [0.15, 0.2) is 48.5 Å². The Morgan fingerprint density at radius 3 is 2.58 bits per heavy atom. The van der Waals surface area contributed by atoms with Crippen molar-refractivity contribution in [2.24, 2.45) is 0 Å². The maximum absolute atomic E-state index is 12.1. The molecule has 0 aliphatic heterocycles. The smallest absolute Gasteiger partial charge is 0.488 e. The molecule has 0 aromatic heterocycles. The highest BCUT2D eigenvalue weighted by molar-refractivity contribution is 5.29. The van der Waals surface area contributed by atoms with Crippen molar-refractivity contribution in [3.8, 4) is 11.5 Å². The number of rotatable bonds is 4. The summed E-state index contributed by atoms with van der Waals surface area (Å²) in [6, 6.07) is 15.5.